The number of β-lactam (4-membered cyclic amide) rings is 1. The number of nitrogens with two attached hydrogens (primary N) is 1. The first kappa shape index (κ1) is 16.4. The number of benzene rings is 1. The zero-order valence-electron chi connectivity index (χ0n) is 13.0. The molecule has 0 saturated carbocycles. The molecule has 2 N–H and O–H groups in total. The Morgan fingerprint density at radius 1 is 1.43 bits per heavy atom. The molecule has 0 bridgehead atoms. The van der Waals surface area contributed by atoms with Crippen LogP contribution in [0.3, 0.4) is 0 Å². The van der Waals surface area contributed by atoms with Crippen molar-refractivity contribution in [3.63, 3.8) is 0 Å². The first-order valence-corrected chi connectivity index (χ1v) is 8.73. The van der Waals surface area contributed by atoms with Crippen molar-refractivity contribution in [2.45, 2.75) is 42.5 Å². The second kappa shape index (κ2) is 5.87. The molecule has 3 rings (SSSR count). The number of thioether (sulfide) groups is 1. The van der Waals surface area contributed by atoms with Crippen molar-refractivity contribution in [3.05, 3.63) is 35.9 Å². The van der Waals surface area contributed by atoms with Crippen molar-refractivity contribution in [3.8, 4) is 0 Å². The van der Waals surface area contributed by atoms with Crippen molar-refractivity contribution in [2.24, 2.45) is 10.7 Å². The molecular formula is C16H19N3O2S2. The first-order valence-electron chi connectivity index (χ1n) is 7.40. The smallest absolute Gasteiger partial charge is 0.252 e. The van der Waals surface area contributed by atoms with E-state index in [4.69, 9.17) is 5.73 Å². The Morgan fingerprint density at radius 3 is 2.65 bits per heavy atom. The quantitative estimate of drug-likeness (QED) is 0.624. The second-order valence-corrected chi connectivity index (χ2v) is 8.69. The van der Waals surface area contributed by atoms with Crippen LogP contribution in [0.15, 0.2) is 35.3 Å². The van der Waals surface area contributed by atoms with Crippen LogP contribution in [0.25, 0.3) is 0 Å². The average Bonchev–Trinajstić information content (AvgIpc) is 2.83. The molecule has 23 heavy (non-hydrogen) atoms. The Morgan fingerprint density at radius 2 is 2.09 bits per heavy atom. The molecule has 0 aliphatic carbocycles. The topological polar surface area (TPSA) is 75.8 Å². The zero-order valence-corrected chi connectivity index (χ0v) is 14.7. The van der Waals surface area contributed by atoms with E-state index in [9.17, 15) is 9.59 Å². The molecule has 1 saturated heterocycles. The second-order valence-electron chi connectivity index (χ2n) is 6.34. The molecule has 0 spiro atoms. The number of carbonyl (C=O) groups is 2. The van der Waals surface area contributed by atoms with Gasteiger partial charge in [-0.25, -0.2) is 0 Å². The third kappa shape index (κ3) is 2.99. The summed E-state index contributed by atoms with van der Waals surface area (Å²) >= 11 is 5.99. The summed E-state index contributed by atoms with van der Waals surface area (Å²) < 4.78 is -0.699. The maximum absolute atomic E-state index is 12.4. The molecule has 1 unspecified atom stereocenters. The van der Waals surface area contributed by atoms with Crippen LogP contribution in [-0.2, 0) is 16.0 Å². The third-order valence-corrected chi connectivity index (χ3v) is 5.50. The summed E-state index contributed by atoms with van der Waals surface area (Å²) in [6, 6.07) is 8.86. The van der Waals surface area contributed by atoms with Crippen LogP contribution in [0.4, 0.5) is 0 Å². The lowest BCUT2D eigenvalue weighted by atomic mass is 9.94. The maximum atomic E-state index is 12.4. The summed E-state index contributed by atoms with van der Waals surface area (Å²) in [6.07, 6.45) is 0.700. The number of fused-ring (bicyclic) bond motifs is 1. The minimum absolute atomic E-state index is 0.142. The third-order valence-electron chi connectivity index (χ3n) is 4.01. The fourth-order valence-corrected chi connectivity index (χ4v) is 4.59. The normalized spacial score (nSPS) is 24.7. The SMILES string of the molecule is CC(C)(S)C(C(N)=O)N1C(=O)[C@H]2N=C(Cc3ccccc3)S[C@H]21. The summed E-state index contributed by atoms with van der Waals surface area (Å²) in [6.45, 7) is 3.58. The summed E-state index contributed by atoms with van der Waals surface area (Å²) in [5.41, 5.74) is 6.66. The Kier molecular flexibility index (Phi) is 4.18. The summed E-state index contributed by atoms with van der Waals surface area (Å²) in [7, 11) is 0. The minimum atomic E-state index is -0.738. The van der Waals surface area contributed by atoms with E-state index in [1.807, 2.05) is 30.3 Å². The number of hydrogen-bond donors (Lipinski definition) is 2. The molecule has 3 atom stereocenters. The van der Waals surface area contributed by atoms with Crippen LogP contribution in [-0.4, -0.2) is 44.0 Å². The number of carbonyl (C=O) groups excluding carboxylic acids is 2. The van der Waals surface area contributed by atoms with Crippen molar-refractivity contribution in [1.29, 1.82) is 0 Å². The monoisotopic (exact) mass is 349 g/mol. The van der Waals surface area contributed by atoms with E-state index in [1.165, 1.54) is 0 Å². The number of hydrogen-bond acceptors (Lipinski definition) is 5. The number of likely N-dealkylation sites (tertiary alicyclic amines) is 1. The maximum Gasteiger partial charge on any atom is 0.252 e. The van der Waals surface area contributed by atoms with E-state index in [1.54, 1.807) is 30.5 Å². The zero-order chi connectivity index (χ0) is 16.8. The lowest BCUT2D eigenvalue weighted by molar-refractivity contribution is -0.152. The molecule has 2 amide bonds. The van der Waals surface area contributed by atoms with Gasteiger partial charge in [-0.2, -0.15) is 12.6 Å². The Labute approximate surface area is 145 Å². The van der Waals surface area contributed by atoms with Gasteiger partial charge in [0.05, 0.1) is 5.04 Å². The Balaban J connectivity index is 1.75. The van der Waals surface area contributed by atoms with Gasteiger partial charge in [-0.1, -0.05) is 42.1 Å². The molecular weight excluding hydrogens is 330 g/mol. The highest BCUT2D eigenvalue weighted by Crippen LogP contribution is 2.43. The number of amides is 2. The minimum Gasteiger partial charge on any atom is -0.368 e. The van der Waals surface area contributed by atoms with Crippen LogP contribution >= 0.6 is 24.4 Å². The van der Waals surface area contributed by atoms with E-state index in [0.717, 1.165) is 10.6 Å². The van der Waals surface area contributed by atoms with Gasteiger partial charge in [0.2, 0.25) is 5.91 Å². The highest BCUT2D eigenvalue weighted by molar-refractivity contribution is 8.14. The number of aliphatic imine (C=N–C) groups is 1. The number of primary amides is 1. The van der Waals surface area contributed by atoms with Crippen LogP contribution in [0.1, 0.15) is 19.4 Å². The largest absolute Gasteiger partial charge is 0.368 e. The van der Waals surface area contributed by atoms with Gasteiger partial charge in [-0.3, -0.25) is 14.6 Å². The van der Waals surface area contributed by atoms with Crippen LogP contribution in [0, 0.1) is 0 Å². The molecule has 1 aromatic rings. The van der Waals surface area contributed by atoms with E-state index >= 15 is 0 Å². The van der Waals surface area contributed by atoms with Gasteiger partial charge in [0, 0.05) is 11.2 Å². The van der Waals surface area contributed by atoms with E-state index < -0.39 is 22.7 Å². The highest BCUT2D eigenvalue weighted by atomic mass is 32.2. The van der Waals surface area contributed by atoms with Gasteiger partial charge in [0.25, 0.3) is 5.91 Å². The molecule has 2 heterocycles. The van der Waals surface area contributed by atoms with Crippen LogP contribution in [0.5, 0.6) is 0 Å². The molecule has 0 aromatic heterocycles. The van der Waals surface area contributed by atoms with Gasteiger partial charge in [-0.05, 0) is 19.4 Å². The molecule has 2 aliphatic heterocycles. The lowest BCUT2D eigenvalue weighted by Crippen LogP contribution is -2.70. The van der Waals surface area contributed by atoms with E-state index in [2.05, 4.69) is 17.6 Å². The van der Waals surface area contributed by atoms with Crippen molar-refractivity contribution in [2.75, 3.05) is 0 Å². The fourth-order valence-electron chi connectivity index (χ4n) is 2.99. The lowest BCUT2D eigenvalue weighted by Gasteiger charge is -2.48. The molecule has 0 radical (unpaired) electrons. The summed E-state index contributed by atoms with van der Waals surface area (Å²) in [5.74, 6) is -0.676. The fraction of sp³-hybridized carbons (Fsp3) is 0.438. The molecule has 5 nitrogen and oxygen atoms in total. The van der Waals surface area contributed by atoms with Gasteiger partial charge in [-0.15, -0.1) is 0 Å². The highest BCUT2D eigenvalue weighted by Gasteiger charge is 2.57. The Bertz CT molecular complexity index is 670. The van der Waals surface area contributed by atoms with Gasteiger partial charge in [0.1, 0.15) is 11.4 Å². The molecule has 1 fully saturated rings. The van der Waals surface area contributed by atoms with Crippen molar-refractivity contribution < 1.29 is 9.59 Å². The van der Waals surface area contributed by atoms with Crippen molar-refractivity contribution in [1.82, 2.24) is 4.90 Å². The summed E-state index contributed by atoms with van der Waals surface area (Å²) in [4.78, 5) is 30.3. The molecule has 122 valence electrons. The number of nitrogens with zero attached hydrogens (tertiary/aromatic N) is 2. The van der Waals surface area contributed by atoms with Crippen LogP contribution in [0.2, 0.25) is 0 Å². The van der Waals surface area contributed by atoms with E-state index in [0.29, 0.717) is 6.42 Å². The number of thiol groups is 1. The molecule has 1 aromatic carbocycles. The standard InChI is InChI=1S/C16H19N3O2S2/c1-16(2,22)12(13(17)20)19-14(21)11-15(19)23-10(18-11)8-9-6-4-3-5-7-9/h3-7,11-12,15,22H,8H2,1-2H3,(H2,17,20)/t11-,12?,15-/m1/s1. The predicted octanol–water partition coefficient (Wildman–Crippen LogP) is 1.47. The van der Waals surface area contributed by atoms with Crippen molar-refractivity contribution >= 4 is 41.2 Å². The molecule has 2 aliphatic rings. The van der Waals surface area contributed by atoms with E-state index in [-0.39, 0.29) is 11.3 Å². The van der Waals surface area contributed by atoms with Gasteiger partial charge < -0.3 is 10.6 Å². The van der Waals surface area contributed by atoms with Gasteiger partial charge >= 0.3 is 0 Å². The molecule has 7 heteroatoms. The van der Waals surface area contributed by atoms with Gasteiger partial charge in [0.15, 0.2) is 6.04 Å². The first-order chi connectivity index (χ1) is 10.8. The average molecular weight is 349 g/mol. The predicted molar refractivity (Wildman–Crippen MR) is 95.6 cm³/mol. The van der Waals surface area contributed by atoms with Crippen LogP contribution < -0.4 is 5.73 Å². The number of rotatable bonds is 5. The Hall–Kier alpha value is -1.47. The summed E-state index contributed by atoms with van der Waals surface area (Å²) in [5, 5.41) is 0.771.